The number of Topliss-reactive ketones (excluding diaryl/α,β-unsaturated/α-hetero) is 2. The molecule has 0 N–H and O–H groups in total. The van der Waals surface area contributed by atoms with Gasteiger partial charge in [0, 0.05) is 20.9 Å². The first-order chi connectivity index (χ1) is 7.97. The maximum atomic E-state index is 13.6. The summed E-state index contributed by atoms with van der Waals surface area (Å²) in [5.74, 6) is -1.46. The fraction of sp³-hybridized carbons (Fsp3) is 0.333. The van der Waals surface area contributed by atoms with Gasteiger partial charge in [-0.2, -0.15) is 0 Å². The maximum absolute atomic E-state index is 13.6. The van der Waals surface area contributed by atoms with Gasteiger partial charge in [-0.1, -0.05) is 38.8 Å². The van der Waals surface area contributed by atoms with Crippen LogP contribution < -0.4 is 0 Å². The quantitative estimate of drug-likeness (QED) is 0.581. The molecule has 17 heavy (non-hydrogen) atoms. The van der Waals surface area contributed by atoms with E-state index in [0.717, 1.165) is 0 Å². The minimum Gasteiger partial charge on any atom is -0.296 e. The molecule has 0 saturated heterocycles. The number of alkyl halides is 1. The van der Waals surface area contributed by atoms with Gasteiger partial charge in [-0.25, -0.2) is 4.39 Å². The monoisotopic (exact) mass is 364 g/mol. The van der Waals surface area contributed by atoms with Crippen LogP contribution >= 0.6 is 31.9 Å². The summed E-state index contributed by atoms with van der Waals surface area (Å²) in [6, 6.07) is 4.86. The first-order valence-electron chi connectivity index (χ1n) is 5.13. The number of benzene rings is 1. The van der Waals surface area contributed by atoms with E-state index >= 15 is 0 Å². The zero-order valence-corrected chi connectivity index (χ0v) is 12.3. The number of hydrogen-bond donors (Lipinski definition) is 0. The fourth-order valence-corrected chi connectivity index (χ4v) is 2.15. The van der Waals surface area contributed by atoms with E-state index in [4.69, 9.17) is 0 Å². The number of carbonyl (C=O) groups excluding carboxylic acids is 2. The predicted molar refractivity (Wildman–Crippen MR) is 71.0 cm³/mol. The summed E-state index contributed by atoms with van der Waals surface area (Å²) < 4.78 is 14.8. The lowest BCUT2D eigenvalue weighted by Gasteiger charge is -2.08. The molecular formula is C12H11Br2FO2. The van der Waals surface area contributed by atoms with Gasteiger partial charge in [0.15, 0.2) is 5.78 Å². The van der Waals surface area contributed by atoms with Crippen molar-refractivity contribution < 1.29 is 14.0 Å². The molecule has 2 nitrogen and oxygen atoms in total. The Hall–Kier alpha value is -0.550. The molecule has 0 aromatic heterocycles. The van der Waals surface area contributed by atoms with Crippen molar-refractivity contribution in [3.8, 4) is 0 Å². The topological polar surface area (TPSA) is 34.1 Å². The Morgan fingerprint density at radius 3 is 2.59 bits per heavy atom. The molecule has 5 heteroatoms. The summed E-state index contributed by atoms with van der Waals surface area (Å²) in [5.41, 5.74) is 0.177. The summed E-state index contributed by atoms with van der Waals surface area (Å²) in [5, 5.41) is 0. The number of carbonyl (C=O) groups is 2. The van der Waals surface area contributed by atoms with E-state index in [0.29, 0.717) is 15.4 Å². The Balaban J connectivity index is 2.96. The molecule has 0 aliphatic carbocycles. The standard InChI is InChI=1S/C12H11Br2FO2/c1-2-3-10(16)11(15)12(17)8-6-7(13)4-5-9(8)14/h4-6,11H,2-3H2,1H3. The van der Waals surface area contributed by atoms with Crippen LogP contribution in [-0.4, -0.2) is 17.7 Å². The number of hydrogen-bond acceptors (Lipinski definition) is 2. The van der Waals surface area contributed by atoms with E-state index in [-0.39, 0.29) is 12.0 Å². The van der Waals surface area contributed by atoms with Crippen LogP contribution in [-0.2, 0) is 4.79 Å². The molecule has 0 heterocycles. The van der Waals surface area contributed by atoms with Gasteiger partial charge in [-0.05, 0) is 24.6 Å². The lowest BCUT2D eigenvalue weighted by molar-refractivity contribution is -0.122. The second-order valence-electron chi connectivity index (χ2n) is 3.57. The van der Waals surface area contributed by atoms with Crippen LogP contribution in [0.3, 0.4) is 0 Å². The molecule has 0 aliphatic rings. The molecule has 1 rings (SSSR count). The lowest BCUT2D eigenvalue weighted by atomic mass is 10.0. The van der Waals surface area contributed by atoms with Crippen LogP contribution in [0, 0.1) is 0 Å². The highest BCUT2D eigenvalue weighted by atomic mass is 79.9. The van der Waals surface area contributed by atoms with Crippen LogP contribution in [0.15, 0.2) is 27.1 Å². The van der Waals surface area contributed by atoms with Gasteiger partial charge in [-0.3, -0.25) is 9.59 Å². The van der Waals surface area contributed by atoms with Crippen LogP contribution in [0.4, 0.5) is 4.39 Å². The van der Waals surface area contributed by atoms with Gasteiger partial charge >= 0.3 is 0 Å². The highest BCUT2D eigenvalue weighted by Gasteiger charge is 2.27. The molecule has 0 amide bonds. The molecule has 0 saturated carbocycles. The number of ketones is 2. The van der Waals surface area contributed by atoms with Gasteiger partial charge in [0.05, 0.1) is 0 Å². The minimum atomic E-state index is -2.07. The molecule has 92 valence electrons. The molecule has 1 unspecified atom stereocenters. The number of halogens is 3. The molecule has 0 spiro atoms. The predicted octanol–water partition coefficient (Wildman–Crippen LogP) is 4.10. The highest BCUT2D eigenvalue weighted by Crippen LogP contribution is 2.24. The van der Waals surface area contributed by atoms with Crippen molar-refractivity contribution in [1.29, 1.82) is 0 Å². The number of rotatable bonds is 5. The molecular weight excluding hydrogens is 355 g/mol. The summed E-state index contributed by atoms with van der Waals surface area (Å²) in [6.07, 6.45) is -1.45. The van der Waals surface area contributed by atoms with E-state index in [1.165, 1.54) is 6.07 Å². The Bertz CT molecular complexity index is 446. The zero-order chi connectivity index (χ0) is 13.0. The van der Waals surface area contributed by atoms with Crippen molar-refractivity contribution in [2.24, 2.45) is 0 Å². The van der Waals surface area contributed by atoms with Gasteiger partial charge < -0.3 is 0 Å². The average molecular weight is 366 g/mol. The first kappa shape index (κ1) is 14.5. The second kappa shape index (κ2) is 6.40. The van der Waals surface area contributed by atoms with E-state index in [1.807, 2.05) is 0 Å². The Morgan fingerprint density at radius 2 is 2.00 bits per heavy atom. The van der Waals surface area contributed by atoms with Crippen LogP contribution in [0.25, 0.3) is 0 Å². The zero-order valence-electron chi connectivity index (χ0n) is 9.17. The molecule has 0 fully saturated rings. The summed E-state index contributed by atoms with van der Waals surface area (Å²) in [7, 11) is 0. The van der Waals surface area contributed by atoms with Gasteiger partial charge in [0.1, 0.15) is 0 Å². The summed E-state index contributed by atoms with van der Waals surface area (Å²) >= 11 is 6.37. The minimum absolute atomic E-state index is 0.0819. The molecule has 1 aromatic carbocycles. The van der Waals surface area contributed by atoms with Crippen LogP contribution in [0.1, 0.15) is 30.1 Å². The van der Waals surface area contributed by atoms with E-state index in [9.17, 15) is 14.0 Å². The second-order valence-corrected chi connectivity index (χ2v) is 5.34. The van der Waals surface area contributed by atoms with Crippen LogP contribution in [0.5, 0.6) is 0 Å². The van der Waals surface area contributed by atoms with Gasteiger partial charge in [0.2, 0.25) is 12.0 Å². The third-order valence-electron chi connectivity index (χ3n) is 2.20. The van der Waals surface area contributed by atoms with Crippen molar-refractivity contribution in [2.75, 3.05) is 0 Å². The van der Waals surface area contributed by atoms with Crippen molar-refractivity contribution in [3.63, 3.8) is 0 Å². The normalized spacial score (nSPS) is 12.2. The van der Waals surface area contributed by atoms with Gasteiger partial charge in [0.25, 0.3) is 0 Å². The van der Waals surface area contributed by atoms with Crippen LogP contribution in [0.2, 0.25) is 0 Å². The molecule has 0 radical (unpaired) electrons. The van der Waals surface area contributed by atoms with Crippen molar-refractivity contribution >= 4 is 43.4 Å². The first-order valence-corrected chi connectivity index (χ1v) is 6.72. The highest BCUT2D eigenvalue weighted by molar-refractivity contribution is 9.11. The SMILES string of the molecule is CCCC(=O)C(F)C(=O)c1cc(Br)ccc1Br. The maximum Gasteiger partial charge on any atom is 0.220 e. The fourth-order valence-electron chi connectivity index (χ4n) is 1.34. The van der Waals surface area contributed by atoms with E-state index in [1.54, 1.807) is 19.1 Å². The summed E-state index contributed by atoms with van der Waals surface area (Å²) in [4.78, 5) is 23.1. The third-order valence-corrected chi connectivity index (χ3v) is 3.39. The lowest BCUT2D eigenvalue weighted by Crippen LogP contribution is -2.26. The molecule has 0 bridgehead atoms. The molecule has 1 atom stereocenters. The van der Waals surface area contributed by atoms with Gasteiger partial charge in [-0.15, -0.1) is 0 Å². The smallest absolute Gasteiger partial charge is 0.220 e. The average Bonchev–Trinajstić information content (AvgIpc) is 2.30. The van der Waals surface area contributed by atoms with Crippen molar-refractivity contribution in [1.82, 2.24) is 0 Å². The molecule has 1 aromatic rings. The van der Waals surface area contributed by atoms with E-state index < -0.39 is 17.7 Å². The Labute approximate surface area is 116 Å². The third kappa shape index (κ3) is 3.71. The van der Waals surface area contributed by atoms with Crippen molar-refractivity contribution in [3.05, 3.63) is 32.7 Å². The summed E-state index contributed by atoms with van der Waals surface area (Å²) in [6.45, 7) is 1.77. The van der Waals surface area contributed by atoms with E-state index in [2.05, 4.69) is 31.9 Å². The Morgan fingerprint density at radius 1 is 1.35 bits per heavy atom. The molecule has 0 aliphatic heterocycles. The Kier molecular flexibility index (Phi) is 5.46. The largest absolute Gasteiger partial charge is 0.296 e. The van der Waals surface area contributed by atoms with Crippen molar-refractivity contribution in [2.45, 2.75) is 25.9 Å².